The van der Waals surface area contributed by atoms with Crippen LogP contribution in [0.4, 0.5) is 14.6 Å². The highest BCUT2D eigenvalue weighted by Crippen LogP contribution is 2.31. The first-order valence-corrected chi connectivity index (χ1v) is 12.1. The summed E-state index contributed by atoms with van der Waals surface area (Å²) in [5, 5.41) is 5.37. The Bertz CT molecular complexity index is 1700. The maximum Gasteiger partial charge on any atom is 0.219 e. The quantitative estimate of drug-likeness (QED) is 0.323. The first-order valence-electron chi connectivity index (χ1n) is 12.1. The molecule has 38 heavy (non-hydrogen) atoms. The number of carbonyl (C=O) groups is 1. The van der Waals surface area contributed by atoms with Gasteiger partial charge in [0.05, 0.1) is 29.3 Å². The molecule has 5 aromatic rings. The smallest absolute Gasteiger partial charge is 0.219 e. The number of aromatic amines is 1. The Morgan fingerprint density at radius 3 is 2.68 bits per heavy atom. The molecule has 192 valence electrons. The van der Waals surface area contributed by atoms with Gasteiger partial charge in [-0.25, -0.2) is 18.4 Å². The number of aryl methyl sites for hydroxylation is 1. The maximum atomic E-state index is 14.0. The number of benzene rings is 2. The van der Waals surface area contributed by atoms with E-state index in [1.54, 1.807) is 6.92 Å². The van der Waals surface area contributed by atoms with Crippen molar-refractivity contribution < 1.29 is 18.3 Å². The van der Waals surface area contributed by atoms with Crippen LogP contribution >= 0.6 is 0 Å². The molecular weight excluding hydrogens is 490 g/mol. The fourth-order valence-corrected chi connectivity index (χ4v) is 4.90. The molecule has 1 aliphatic rings. The van der Waals surface area contributed by atoms with Crippen molar-refractivity contribution in [3.63, 3.8) is 0 Å². The van der Waals surface area contributed by atoms with Crippen molar-refractivity contribution in [1.82, 2.24) is 24.6 Å². The Hall–Kier alpha value is -4.57. The number of hydrogen-bond donors (Lipinski definition) is 2. The SMILES string of the molecule is Cc1cc(Oc2c(F)cccc2F)ncc1-n1ncc(C(=O)c2cc3c4c(ccc3[nH]2)CN(C)CC4)c1N. The van der Waals surface area contributed by atoms with Gasteiger partial charge in [0.15, 0.2) is 11.6 Å². The molecule has 0 spiro atoms. The van der Waals surface area contributed by atoms with Gasteiger partial charge in [-0.05, 0) is 61.3 Å². The van der Waals surface area contributed by atoms with Crippen LogP contribution in [-0.4, -0.2) is 44.0 Å². The summed E-state index contributed by atoms with van der Waals surface area (Å²) in [7, 11) is 2.10. The normalized spacial score (nSPS) is 13.6. The minimum absolute atomic E-state index is 0.00452. The number of nitrogens with two attached hydrogens (primary N) is 1. The van der Waals surface area contributed by atoms with Gasteiger partial charge in [-0.3, -0.25) is 4.79 Å². The average Bonchev–Trinajstić information content (AvgIpc) is 3.50. The van der Waals surface area contributed by atoms with E-state index in [0.717, 1.165) is 42.5 Å². The van der Waals surface area contributed by atoms with Crippen molar-refractivity contribution in [1.29, 1.82) is 0 Å². The standard InChI is InChI=1S/C28H24F2N6O2/c1-15-10-25(38-27-20(29)4-3-5-21(27)30)32-13-24(15)36-28(31)19(12-33-36)26(37)23-11-18-17-8-9-35(2)14-16(17)6-7-22(18)34-23/h3-7,10-13,34H,8-9,14,31H2,1-2H3. The summed E-state index contributed by atoms with van der Waals surface area (Å²) >= 11 is 0. The lowest BCUT2D eigenvalue weighted by Crippen LogP contribution is -2.26. The molecule has 1 aliphatic heterocycles. The van der Waals surface area contributed by atoms with Gasteiger partial charge in [-0.15, -0.1) is 0 Å². The van der Waals surface area contributed by atoms with E-state index in [1.807, 2.05) is 12.1 Å². The molecule has 3 aromatic heterocycles. The number of carbonyl (C=O) groups excluding carboxylic acids is 1. The maximum absolute atomic E-state index is 14.0. The van der Waals surface area contributed by atoms with Gasteiger partial charge >= 0.3 is 0 Å². The number of anilines is 1. The van der Waals surface area contributed by atoms with Gasteiger partial charge in [0.2, 0.25) is 17.4 Å². The monoisotopic (exact) mass is 514 g/mol. The number of ketones is 1. The third-order valence-electron chi connectivity index (χ3n) is 6.90. The Labute approximate surface area is 216 Å². The molecule has 6 rings (SSSR count). The highest BCUT2D eigenvalue weighted by Gasteiger charge is 2.23. The number of H-pyrrole nitrogens is 1. The molecule has 0 saturated carbocycles. The second kappa shape index (κ2) is 9.07. The van der Waals surface area contributed by atoms with E-state index in [-0.39, 0.29) is 23.0 Å². The summed E-state index contributed by atoms with van der Waals surface area (Å²) in [5.41, 5.74) is 11.6. The molecule has 0 amide bonds. The van der Waals surface area contributed by atoms with E-state index in [1.165, 1.54) is 40.3 Å². The van der Waals surface area contributed by atoms with Crippen molar-refractivity contribution >= 4 is 22.5 Å². The van der Waals surface area contributed by atoms with E-state index < -0.39 is 17.4 Å². The summed E-state index contributed by atoms with van der Waals surface area (Å²) in [6, 6.07) is 11.0. The van der Waals surface area contributed by atoms with Crippen LogP contribution in [0.15, 0.2) is 54.9 Å². The average molecular weight is 515 g/mol. The zero-order valence-corrected chi connectivity index (χ0v) is 20.8. The highest BCUT2D eigenvalue weighted by atomic mass is 19.1. The molecule has 10 heteroatoms. The topological polar surface area (TPSA) is 102 Å². The zero-order valence-electron chi connectivity index (χ0n) is 20.8. The van der Waals surface area contributed by atoms with Crippen molar-refractivity contribution in [3.05, 3.63) is 94.4 Å². The fraction of sp³-hybridized carbons (Fsp3) is 0.179. The van der Waals surface area contributed by atoms with Crippen LogP contribution < -0.4 is 10.5 Å². The lowest BCUT2D eigenvalue weighted by atomic mass is 9.96. The second-order valence-electron chi connectivity index (χ2n) is 9.48. The van der Waals surface area contributed by atoms with E-state index in [9.17, 15) is 13.6 Å². The predicted molar refractivity (Wildman–Crippen MR) is 139 cm³/mol. The van der Waals surface area contributed by atoms with Gasteiger partial charge in [-0.2, -0.15) is 5.10 Å². The Morgan fingerprint density at radius 1 is 1.13 bits per heavy atom. The largest absolute Gasteiger partial charge is 0.433 e. The number of likely N-dealkylation sites (N-methyl/N-ethyl adjacent to an activating group) is 1. The summed E-state index contributed by atoms with van der Waals surface area (Å²) in [4.78, 5) is 23.1. The Kier molecular flexibility index (Phi) is 5.68. The number of fused-ring (bicyclic) bond motifs is 3. The predicted octanol–water partition coefficient (Wildman–Crippen LogP) is 4.93. The van der Waals surface area contributed by atoms with Crippen molar-refractivity contribution in [2.24, 2.45) is 0 Å². The van der Waals surface area contributed by atoms with Crippen LogP contribution in [0.5, 0.6) is 11.6 Å². The second-order valence-corrected chi connectivity index (χ2v) is 9.48. The molecule has 4 heterocycles. The molecular formula is C28H24F2N6O2. The number of nitrogen functional groups attached to an aromatic ring is 1. The van der Waals surface area contributed by atoms with Crippen molar-refractivity contribution in [2.75, 3.05) is 19.3 Å². The van der Waals surface area contributed by atoms with E-state index >= 15 is 0 Å². The number of nitrogens with one attached hydrogen (secondary N) is 1. The number of aromatic nitrogens is 4. The van der Waals surface area contributed by atoms with E-state index in [4.69, 9.17) is 10.5 Å². The molecule has 0 aliphatic carbocycles. The zero-order chi connectivity index (χ0) is 26.6. The summed E-state index contributed by atoms with van der Waals surface area (Å²) < 4.78 is 34.7. The van der Waals surface area contributed by atoms with Crippen LogP contribution in [-0.2, 0) is 13.0 Å². The molecule has 0 bridgehead atoms. The number of hydrogen-bond acceptors (Lipinski definition) is 6. The Morgan fingerprint density at radius 2 is 1.92 bits per heavy atom. The van der Waals surface area contributed by atoms with Gasteiger partial charge in [-0.1, -0.05) is 12.1 Å². The van der Waals surface area contributed by atoms with Crippen LogP contribution in [0.1, 0.15) is 32.7 Å². The minimum Gasteiger partial charge on any atom is -0.433 e. The van der Waals surface area contributed by atoms with Gasteiger partial charge < -0.3 is 20.4 Å². The first kappa shape index (κ1) is 23.8. The molecule has 8 nitrogen and oxygen atoms in total. The molecule has 2 aromatic carbocycles. The number of pyridine rings is 1. The van der Waals surface area contributed by atoms with Crippen LogP contribution in [0.2, 0.25) is 0 Å². The summed E-state index contributed by atoms with van der Waals surface area (Å²) in [6.07, 6.45) is 3.77. The lowest BCUT2D eigenvalue weighted by molar-refractivity contribution is 0.103. The lowest BCUT2D eigenvalue weighted by Gasteiger charge is -2.25. The third kappa shape index (κ3) is 3.99. The minimum atomic E-state index is -0.835. The number of ether oxygens (including phenoxy) is 1. The fourth-order valence-electron chi connectivity index (χ4n) is 4.90. The summed E-state index contributed by atoms with van der Waals surface area (Å²) in [5.74, 6) is -2.32. The Balaban J connectivity index is 1.29. The summed E-state index contributed by atoms with van der Waals surface area (Å²) in [6.45, 7) is 3.60. The molecule has 0 atom stereocenters. The highest BCUT2D eigenvalue weighted by molar-refractivity contribution is 6.12. The van der Waals surface area contributed by atoms with E-state index in [2.05, 4.69) is 33.1 Å². The molecule has 0 unspecified atom stereocenters. The number of halogens is 2. The van der Waals surface area contributed by atoms with Gasteiger partial charge in [0, 0.05) is 30.1 Å². The third-order valence-corrected chi connectivity index (χ3v) is 6.90. The van der Waals surface area contributed by atoms with Crippen LogP contribution in [0.3, 0.4) is 0 Å². The molecule has 0 saturated heterocycles. The first-order chi connectivity index (χ1) is 18.3. The number of para-hydroxylation sites is 1. The van der Waals surface area contributed by atoms with Gasteiger partial charge in [0.25, 0.3) is 0 Å². The van der Waals surface area contributed by atoms with E-state index in [0.29, 0.717) is 16.9 Å². The number of rotatable bonds is 5. The van der Waals surface area contributed by atoms with Crippen molar-refractivity contribution in [2.45, 2.75) is 19.9 Å². The molecule has 0 radical (unpaired) electrons. The van der Waals surface area contributed by atoms with Crippen LogP contribution in [0.25, 0.3) is 16.6 Å². The van der Waals surface area contributed by atoms with Crippen LogP contribution in [0, 0.1) is 18.6 Å². The number of nitrogens with zero attached hydrogens (tertiary/aromatic N) is 4. The van der Waals surface area contributed by atoms with Gasteiger partial charge in [0.1, 0.15) is 5.82 Å². The molecule has 0 fully saturated rings. The van der Waals surface area contributed by atoms with Crippen molar-refractivity contribution in [3.8, 4) is 17.3 Å². The molecule has 3 N–H and O–H groups in total.